The topological polar surface area (TPSA) is 132 Å². The number of carbonyl (C=O) groups is 2. The summed E-state index contributed by atoms with van der Waals surface area (Å²) in [6, 6.07) is 0. The van der Waals surface area contributed by atoms with Crippen LogP contribution >= 0.6 is 11.3 Å². The molecule has 0 aromatic carbocycles. The monoisotopic (exact) mass is 311 g/mol. The first-order valence-electron chi connectivity index (χ1n) is 6.07. The smallest absolute Gasteiger partial charge is 0.332 e. The lowest BCUT2D eigenvalue weighted by Gasteiger charge is -2.06. The number of nitrogens with zero attached hydrogens (tertiary/aromatic N) is 1. The molecule has 0 unspecified atom stereocenters. The van der Waals surface area contributed by atoms with E-state index in [1.54, 1.807) is 6.92 Å². The number of H-pyrrole nitrogens is 1. The molecule has 2 heterocycles. The van der Waals surface area contributed by atoms with Gasteiger partial charge in [0.05, 0.1) is 16.6 Å². The third kappa shape index (κ3) is 3.09. The van der Waals surface area contributed by atoms with Gasteiger partial charge >= 0.3 is 5.97 Å². The fraction of sp³-hybridized carbons (Fsp3) is 0.333. The van der Waals surface area contributed by atoms with Crippen molar-refractivity contribution < 1.29 is 19.8 Å². The van der Waals surface area contributed by atoms with Gasteiger partial charge in [0.25, 0.3) is 11.5 Å². The predicted molar refractivity (Wildman–Crippen MR) is 75.6 cm³/mol. The number of aliphatic hydroxyl groups excluding tert-OH is 1. The molecule has 0 radical (unpaired) electrons. The zero-order chi connectivity index (χ0) is 15.6. The molecule has 21 heavy (non-hydrogen) atoms. The highest BCUT2D eigenvalue weighted by atomic mass is 32.1. The molecule has 1 atom stereocenters. The van der Waals surface area contributed by atoms with Gasteiger partial charge in [0, 0.05) is 13.0 Å². The van der Waals surface area contributed by atoms with E-state index in [1.807, 2.05) is 0 Å². The molecule has 1 amide bonds. The van der Waals surface area contributed by atoms with E-state index < -0.39 is 18.0 Å². The standard InChI is InChI=1S/C12H13N3O5S/c1-5-7-9(17)14-4-15-11(7)21-8(5)10(18)13-3-2-6(16)12(19)20/h4,6,16H,2-3H2,1H3,(H,13,18)(H,19,20)(H,14,15,17)/t6-/m0/s1. The van der Waals surface area contributed by atoms with Gasteiger partial charge in [-0.3, -0.25) is 9.59 Å². The number of thiophene rings is 1. The van der Waals surface area contributed by atoms with E-state index in [2.05, 4.69) is 15.3 Å². The number of fused-ring (bicyclic) bond motifs is 1. The van der Waals surface area contributed by atoms with Crippen LogP contribution < -0.4 is 10.9 Å². The highest BCUT2D eigenvalue weighted by Crippen LogP contribution is 2.26. The van der Waals surface area contributed by atoms with Crippen LogP contribution in [0.4, 0.5) is 0 Å². The van der Waals surface area contributed by atoms with Crippen molar-refractivity contribution in [1.29, 1.82) is 0 Å². The molecular weight excluding hydrogens is 298 g/mol. The molecule has 0 fully saturated rings. The lowest BCUT2D eigenvalue weighted by molar-refractivity contribution is -0.146. The average molecular weight is 311 g/mol. The minimum absolute atomic E-state index is 0.0176. The fourth-order valence-corrected chi connectivity index (χ4v) is 2.89. The Labute approximate surface area is 122 Å². The number of amides is 1. The second-order valence-corrected chi connectivity index (χ2v) is 5.37. The molecule has 4 N–H and O–H groups in total. The number of carbonyl (C=O) groups excluding carboxylic acids is 1. The molecule has 2 rings (SSSR count). The van der Waals surface area contributed by atoms with Crippen LogP contribution in [0.5, 0.6) is 0 Å². The van der Waals surface area contributed by atoms with Crippen molar-refractivity contribution in [3.63, 3.8) is 0 Å². The number of rotatable bonds is 5. The number of aryl methyl sites for hydroxylation is 1. The van der Waals surface area contributed by atoms with Crippen molar-refractivity contribution in [2.75, 3.05) is 6.54 Å². The van der Waals surface area contributed by atoms with E-state index in [1.165, 1.54) is 6.33 Å². The van der Waals surface area contributed by atoms with Crippen LogP contribution in [0.1, 0.15) is 21.7 Å². The highest BCUT2D eigenvalue weighted by Gasteiger charge is 2.19. The zero-order valence-corrected chi connectivity index (χ0v) is 11.9. The summed E-state index contributed by atoms with van der Waals surface area (Å²) in [4.78, 5) is 41.4. The zero-order valence-electron chi connectivity index (χ0n) is 11.0. The predicted octanol–water partition coefficient (Wildman–Crippen LogP) is -0.142. The Bertz CT molecular complexity index is 751. The number of hydrogen-bond donors (Lipinski definition) is 4. The number of aromatic amines is 1. The van der Waals surface area contributed by atoms with Gasteiger partial charge in [0.2, 0.25) is 0 Å². The van der Waals surface area contributed by atoms with Crippen LogP contribution in [0.15, 0.2) is 11.1 Å². The van der Waals surface area contributed by atoms with Crippen LogP contribution in [0.3, 0.4) is 0 Å². The van der Waals surface area contributed by atoms with Crippen molar-refractivity contribution in [2.24, 2.45) is 0 Å². The van der Waals surface area contributed by atoms with Crippen LogP contribution in [-0.4, -0.2) is 44.7 Å². The lowest BCUT2D eigenvalue weighted by atomic mass is 10.2. The highest BCUT2D eigenvalue weighted by molar-refractivity contribution is 7.20. The third-order valence-electron chi connectivity index (χ3n) is 2.93. The van der Waals surface area contributed by atoms with Crippen molar-refractivity contribution >= 4 is 33.4 Å². The van der Waals surface area contributed by atoms with E-state index in [-0.39, 0.29) is 18.5 Å². The fourth-order valence-electron chi connectivity index (χ4n) is 1.82. The number of hydrogen-bond acceptors (Lipinski definition) is 6. The summed E-state index contributed by atoms with van der Waals surface area (Å²) in [6.45, 7) is 1.67. The quantitative estimate of drug-likeness (QED) is 0.607. The van der Waals surface area contributed by atoms with Crippen LogP contribution in [0.25, 0.3) is 10.2 Å². The average Bonchev–Trinajstić information content (AvgIpc) is 2.77. The molecule has 8 nitrogen and oxygen atoms in total. The molecule has 0 saturated heterocycles. The number of aliphatic carboxylic acids is 1. The van der Waals surface area contributed by atoms with Gasteiger partial charge < -0.3 is 20.5 Å². The molecule has 9 heteroatoms. The maximum absolute atomic E-state index is 12.0. The van der Waals surface area contributed by atoms with E-state index in [0.29, 0.717) is 20.7 Å². The molecule has 0 aliphatic heterocycles. The van der Waals surface area contributed by atoms with E-state index >= 15 is 0 Å². The Kier molecular flexibility index (Phi) is 4.34. The summed E-state index contributed by atoms with van der Waals surface area (Å²) >= 11 is 1.09. The Morgan fingerprint density at radius 3 is 2.86 bits per heavy atom. The number of carboxylic acid groups (broad SMARTS) is 1. The number of aliphatic hydroxyl groups is 1. The summed E-state index contributed by atoms with van der Waals surface area (Å²) in [5.74, 6) is -1.76. The molecule has 2 aromatic heterocycles. The van der Waals surface area contributed by atoms with Gasteiger partial charge in [-0.1, -0.05) is 0 Å². The maximum atomic E-state index is 12.0. The summed E-state index contributed by atoms with van der Waals surface area (Å²) < 4.78 is 0. The second kappa shape index (κ2) is 6.02. The summed E-state index contributed by atoms with van der Waals surface area (Å²) in [5, 5.41) is 20.5. The normalized spacial score (nSPS) is 12.3. The molecule has 0 aliphatic carbocycles. The Morgan fingerprint density at radius 1 is 1.52 bits per heavy atom. The van der Waals surface area contributed by atoms with Crippen molar-refractivity contribution in [2.45, 2.75) is 19.4 Å². The summed E-state index contributed by atoms with van der Waals surface area (Å²) in [5.41, 5.74) is 0.217. The number of aromatic nitrogens is 2. The van der Waals surface area contributed by atoms with Crippen LogP contribution in [-0.2, 0) is 4.79 Å². The van der Waals surface area contributed by atoms with Gasteiger partial charge in [0.1, 0.15) is 4.83 Å². The second-order valence-electron chi connectivity index (χ2n) is 4.37. The van der Waals surface area contributed by atoms with Crippen LogP contribution in [0, 0.1) is 6.92 Å². The number of nitrogens with one attached hydrogen (secondary N) is 2. The van der Waals surface area contributed by atoms with E-state index in [4.69, 9.17) is 10.2 Å². The molecule has 112 valence electrons. The van der Waals surface area contributed by atoms with Gasteiger partial charge in [-0.05, 0) is 12.5 Å². The van der Waals surface area contributed by atoms with Crippen molar-refractivity contribution in [1.82, 2.24) is 15.3 Å². The lowest BCUT2D eigenvalue weighted by Crippen LogP contribution is -2.29. The van der Waals surface area contributed by atoms with Gasteiger partial charge in [0.15, 0.2) is 6.10 Å². The molecule has 2 aromatic rings. The third-order valence-corrected chi connectivity index (χ3v) is 4.13. The Morgan fingerprint density at radius 2 is 2.24 bits per heavy atom. The van der Waals surface area contributed by atoms with Crippen molar-refractivity contribution in [3.05, 3.63) is 27.1 Å². The number of carboxylic acids is 1. The largest absolute Gasteiger partial charge is 0.479 e. The minimum Gasteiger partial charge on any atom is -0.479 e. The summed E-state index contributed by atoms with van der Waals surface area (Å²) in [7, 11) is 0. The first-order valence-corrected chi connectivity index (χ1v) is 6.89. The first-order chi connectivity index (χ1) is 9.91. The van der Waals surface area contributed by atoms with Gasteiger partial charge in [-0.2, -0.15) is 0 Å². The van der Waals surface area contributed by atoms with Gasteiger partial charge in [-0.15, -0.1) is 11.3 Å². The van der Waals surface area contributed by atoms with E-state index in [0.717, 1.165) is 11.3 Å². The molecular formula is C12H13N3O5S. The van der Waals surface area contributed by atoms with Gasteiger partial charge in [-0.25, -0.2) is 9.78 Å². The van der Waals surface area contributed by atoms with Crippen molar-refractivity contribution in [3.8, 4) is 0 Å². The minimum atomic E-state index is -1.52. The molecule has 0 spiro atoms. The first kappa shape index (κ1) is 15.1. The SMILES string of the molecule is Cc1c(C(=O)NCC[C@H](O)C(=O)O)sc2nc[nH]c(=O)c12. The Hall–Kier alpha value is -2.26. The Balaban J connectivity index is 2.13. The molecule has 0 bridgehead atoms. The molecule has 0 aliphatic rings. The summed E-state index contributed by atoms with van der Waals surface area (Å²) in [6.07, 6.45) is -0.339. The van der Waals surface area contributed by atoms with E-state index in [9.17, 15) is 14.4 Å². The molecule has 0 saturated carbocycles. The van der Waals surface area contributed by atoms with Crippen LogP contribution in [0.2, 0.25) is 0 Å². The maximum Gasteiger partial charge on any atom is 0.332 e.